The number of piperidine rings is 2. The molecule has 2 amide bonds. The van der Waals surface area contributed by atoms with Crippen LogP contribution in [0.15, 0.2) is 35.1 Å². The lowest BCUT2D eigenvalue weighted by Gasteiger charge is -2.53. The van der Waals surface area contributed by atoms with Gasteiger partial charge in [-0.2, -0.15) is 0 Å². The molecule has 2 atom stereocenters. The van der Waals surface area contributed by atoms with E-state index < -0.39 is 5.41 Å². The largest absolute Gasteiger partial charge is 0.361 e. The van der Waals surface area contributed by atoms with Gasteiger partial charge in [0.1, 0.15) is 5.76 Å². The highest BCUT2D eigenvalue weighted by Gasteiger charge is 2.53. The molecule has 0 spiro atoms. The summed E-state index contributed by atoms with van der Waals surface area (Å²) in [4.78, 5) is 34.7. The van der Waals surface area contributed by atoms with Crippen LogP contribution in [0.1, 0.15) is 41.1 Å². The Kier molecular flexibility index (Phi) is 5.36. The summed E-state index contributed by atoms with van der Waals surface area (Å²) in [5.41, 5.74) is 0.687. The fraction of sp³-hybridized carbons (Fsp3) is 0.524. The van der Waals surface area contributed by atoms with Crippen molar-refractivity contribution in [2.45, 2.75) is 38.8 Å². The second-order valence-corrected chi connectivity index (χ2v) is 8.15. The molecule has 0 radical (unpaired) electrons. The average molecular weight is 397 g/mol. The number of hydrogen-bond acceptors (Lipinski definition) is 6. The van der Waals surface area contributed by atoms with Crippen LogP contribution < -0.4 is 5.32 Å². The topological polar surface area (TPSA) is 91.6 Å². The van der Waals surface area contributed by atoms with Crippen molar-refractivity contribution in [2.75, 3.05) is 26.7 Å². The predicted molar refractivity (Wildman–Crippen MR) is 106 cm³/mol. The average Bonchev–Trinajstić information content (AvgIpc) is 3.18. The Bertz CT molecular complexity index is 883. The molecule has 2 aromatic rings. The van der Waals surface area contributed by atoms with Gasteiger partial charge in [0.15, 0.2) is 5.69 Å². The van der Waals surface area contributed by atoms with Crippen LogP contribution in [-0.4, -0.2) is 64.5 Å². The summed E-state index contributed by atoms with van der Waals surface area (Å²) in [6, 6.07) is 5.28. The third-order valence-electron chi connectivity index (χ3n) is 6.20. The first kappa shape index (κ1) is 19.6. The lowest BCUT2D eigenvalue weighted by atomic mass is 9.67. The molecule has 0 unspecified atom stereocenters. The molecule has 8 nitrogen and oxygen atoms in total. The Labute approximate surface area is 170 Å². The number of amides is 2. The third kappa shape index (κ3) is 3.76. The molecule has 2 saturated heterocycles. The number of hydrogen-bond donors (Lipinski definition) is 1. The molecule has 0 bridgehead atoms. The number of rotatable bonds is 4. The molecule has 8 heteroatoms. The van der Waals surface area contributed by atoms with E-state index in [1.54, 1.807) is 25.4 Å². The number of likely N-dealkylation sites (tertiary alicyclic amines) is 2. The molecule has 154 valence electrons. The first-order valence-electron chi connectivity index (χ1n) is 10.1. The van der Waals surface area contributed by atoms with Gasteiger partial charge >= 0.3 is 0 Å². The van der Waals surface area contributed by atoms with Crippen LogP contribution in [0.2, 0.25) is 0 Å². The third-order valence-corrected chi connectivity index (χ3v) is 6.20. The summed E-state index contributed by atoms with van der Waals surface area (Å²) in [6.07, 6.45) is 5.78. The number of fused-ring (bicyclic) bond motifs is 1. The van der Waals surface area contributed by atoms with Crippen molar-refractivity contribution in [1.82, 2.24) is 25.3 Å². The smallest absolute Gasteiger partial charge is 0.276 e. The molecule has 1 N–H and O–H groups in total. The normalized spacial score (nSPS) is 24.8. The highest BCUT2D eigenvalue weighted by Crippen LogP contribution is 2.43. The van der Waals surface area contributed by atoms with Crippen LogP contribution in [0.5, 0.6) is 0 Å². The number of pyridine rings is 1. The predicted octanol–water partition coefficient (Wildman–Crippen LogP) is 1.62. The van der Waals surface area contributed by atoms with Crippen molar-refractivity contribution in [3.63, 3.8) is 0 Å². The van der Waals surface area contributed by atoms with Crippen molar-refractivity contribution in [1.29, 1.82) is 0 Å². The lowest BCUT2D eigenvalue weighted by molar-refractivity contribution is -0.142. The van der Waals surface area contributed by atoms with Gasteiger partial charge in [-0.15, -0.1) is 0 Å². The Morgan fingerprint density at radius 1 is 1.34 bits per heavy atom. The zero-order valence-electron chi connectivity index (χ0n) is 16.9. The number of aryl methyl sites for hydroxylation is 1. The molecule has 2 aliphatic heterocycles. The molecular weight excluding hydrogens is 370 g/mol. The van der Waals surface area contributed by atoms with E-state index in [9.17, 15) is 9.59 Å². The van der Waals surface area contributed by atoms with Crippen LogP contribution >= 0.6 is 0 Å². The second kappa shape index (κ2) is 7.94. The number of carbonyl (C=O) groups excluding carboxylic acids is 2. The van der Waals surface area contributed by atoms with Crippen LogP contribution in [0.3, 0.4) is 0 Å². The molecule has 2 fully saturated rings. The van der Waals surface area contributed by atoms with Gasteiger partial charge in [0.05, 0.1) is 11.5 Å². The van der Waals surface area contributed by atoms with Crippen molar-refractivity contribution >= 4 is 11.8 Å². The van der Waals surface area contributed by atoms with Gasteiger partial charge in [-0.3, -0.25) is 14.6 Å². The van der Waals surface area contributed by atoms with E-state index in [1.807, 2.05) is 24.1 Å². The standard InChI is InChI=1S/C21H27N5O3/c1-15-11-17(24-29-15)19(27)26-9-4-6-21(7-10-25(2)14-18(21)26)20(28)23-13-16-5-3-8-22-12-16/h3,5,8,11-12,18H,4,6-7,9-10,13-14H2,1-2H3,(H,23,28)/t18-,21+/m0/s1. The van der Waals surface area contributed by atoms with E-state index in [0.717, 1.165) is 31.4 Å². The second-order valence-electron chi connectivity index (χ2n) is 8.15. The van der Waals surface area contributed by atoms with E-state index >= 15 is 0 Å². The summed E-state index contributed by atoms with van der Waals surface area (Å²) in [5, 5.41) is 7.01. The van der Waals surface area contributed by atoms with Crippen molar-refractivity contribution in [3.8, 4) is 0 Å². The van der Waals surface area contributed by atoms with Crippen LogP contribution in [-0.2, 0) is 11.3 Å². The molecule has 29 heavy (non-hydrogen) atoms. The van der Waals surface area contributed by atoms with Crippen LogP contribution in [0, 0.1) is 12.3 Å². The van der Waals surface area contributed by atoms with Gasteiger partial charge in [-0.05, 0) is 51.4 Å². The summed E-state index contributed by atoms with van der Waals surface area (Å²) in [5.74, 6) is 0.464. The molecular formula is C21H27N5O3. The highest BCUT2D eigenvalue weighted by molar-refractivity contribution is 5.94. The van der Waals surface area contributed by atoms with Gasteiger partial charge in [-0.25, -0.2) is 0 Å². The van der Waals surface area contributed by atoms with Crippen molar-refractivity contribution in [2.24, 2.45) is 5.41 Å². The number of nitrogens with zero attached hydrogens (tertiary/aromatic N) is 4. The number of likely N-dealkylation sites (N-methyl/N-ethyl adjacent to an activating group) is 1. The maximum atomic E-state index is 13.4. The SMILES string of the molecule is Cc1cc(C(=O)N2CCC[C@@]3(C(=O)NCc4cccnc4)CCN(C)C[C@H]23)no1. The molecule has 2 aromatic heterocycles. The van der Waals surface area contributed by atoms with Crippen molar-refractivity contribution in [3.05, 3.63) is 47.6 Å². The number of aromatic nitrogens is 2. The Hall–Kier alpha value is -2.74. The van der Waals surface area contributed by atoms with E-state index in [4.69, 9.17) is 4.52 Å². The minimum Gasteiger partial charge on any atom is -0.361 e. The van der Waals surface area contributed by atoms with E-state index in [1.165, 1.54) is 0 Å². The Balaban J connectivity index is 1.57. The fourth-order valence-electron chi connectivity index (χ4n) is 4.62. The molecule has 0 aromatic carbocycles. The molecule has 0 aliphatic carbocycles. The molecule has 2 aliphatic rings. The van der Waals surface area contributed by atoms with Crippen LogP contribution in [0.25, 0.3) is 0 Å². The zero-order valence-corrected chi connectivity index (χ0v) is 16.9. The summed E-state index contributed by atoms with van der Waals surface area (Å²) in [7, 11) is 2.04. The fourth-order valence-corrected chi connectivity index (χ4v) is 4.62. The van der Waals surface area contributed by atoms with Gasteiger partial charge in [0.25, 0.3) is 5.91 Å². The quantitative estimate of drug-likeness (QED) is 0.843. The van der Waals surface area contributed by atoms with Gasteiger partial charge in [0, 0.05) is 38.1 Å². The lowest BCUT2D eigenvalue weighted by Crippen LogP contribution is -2.66. The first-order chi connectivity index (χ1) is 14.0. The molecule has 0 saturated carbocycles. The molecule has 4 rings (SSSR count). The van der Waals surface area contributed by atoms with Gasteiger partial charge in [0.2, 0.25) is 5.91 Å². The summed E-state index contributed by atoms with van der Waals surface area (Å²) in [6.45, 7) is 4.34. The van der Waals surface area contributed by atoms with Gasteiger partial charge < -0.3 is 19.6 Å². The van der Waals surface area contributed by atoms with E-state index in [2.05, 4.69) is 20.4 Å². The van der Waals surface area contributed by atoms with Crippen LogP contribution in [0.4, 0.5) is 0 Å². The van der Waals surface area contributed by atoms with Gasteiger partial charge in [-0.1, -0.05) is 11.2 Å². The Morgan fingerprint density at radius 2 is 2.21 bits per heavy atom. The summed E-state index contributed by atoms with van der Waals surface area (Å²) >= 11 is 0. The maximum absolute atomic E-state index is 13.4. The summed E-state index contributed by atoms with van der Waals surface area (Å²) < 4.78 is 5.10. The maximum Gasteiger partial charge on any atom is 0.276 e. The first-order valence-corrected chi connectivity index (χ1v) is 10.1. The van der Waals surface area contributed by atoms with Crippen molar-refractivity contribution < 1.29 is 14.1 Å². The monoisotopic (exact) mass is 397 g/mol. The van der Waals surface area contributed by atoms with E-state index in [-0.39, 0.29) is 17.9 Å². The highest BCUT2D eigenvalue weighted by atomic mass is 16.5. The Morgan fingerprint density at radius 3 is 2.93 bits per heavy atom. The minimum atomic E-state index is -0.582. The number of nitrogens with one attached hydrogen (secondary N) is 1. The number of carbonyl (C=O) groups is 2. The molecule has 4 heterocycles. The zero-order chi connectivity index (χ0) is 20.4. The van der Waals surface area contributed by atoms with E-state index in [0.29, 0.717) is 31.1 Å². The minimum absolute atomic E-state index is 0.0216.